The Kier molecular flexibility index (Phi) is 5.82. The van der Waals surface area contributed by atoms with Gasteiger partial charge in [-0.15, -0.1) is 11.3 Å². The monoisotopic (exact) mass is 309 g/mol. The zero-order valence-electron chi connectivity index (χ0n) is 13.4. The highest BCUT2D eigenvalue weighted by Gasteiger charge is 2.25. The molecule has 2 rings (SSSR count). The van der Waals surface area contributed by atoms with E-state index in [0.29, 0.717) is 13.0 Å². The molecular weight excluding hydrogens is 282 g/mol. The number of nitrogens with zero attached hydrogens (tertiary/aromatic N) is 1. The van der Waals surface area contributed by atoms with Crippen LogP contribution in [0.15, 0.2) is 6.07 Å². The lowest BCUT2D eigenvalue weighted by Gasteiger charge is -2.26. The van der Waals surface area contributed by atoms with Crippen LogP contribution in [0.3, 0.4) is 0 Å². The first kappa shape index (κ1) is 16.5. The van der Waals surface area contributed by atoms with E-state index < -0.39 is 0 Å². The molecule has 1 aromatic heterocycles. The molecule has 1 aromatic rings. The minimum atomic E-state index is 0.130. The summed E-state index contributed by atoms with van der Waals surface area (Å²) in [4.78, 5) is 16.9. The molecule has 1 heterocycles. The minimum absolute atomic E-state index is 0.130. The van der Waals surface area contributed by atoms with E-state index in [0.717, 1.165) is 23.6 Å². The molecule has 0 bridgehead atoms. The quantitative estimate of drug-likeness (QED) is 0.874. The summed E-state index contributed by atoms with van der Waals surface area (Å²) in [6, 6.07) is 2.30. The molecule has 4 heteroatoms. The molecule has 1 amide bonds. The average molecular weight is 309 g/mol. The van der Waals surface area contributed by atoms with Crippen molar-refractivity contribution >= 4 is 17.2 Å². The Morgan fingerprint density at radius 1 is 1.52 bits per heavy atom. The Labute approximate surface area is 132 Å². The van der Waals surface area contributed by atoms with E-state index in [1.165, 1.54) is 23.3 Å². The zero-order chi connectivity index (χ0) is 15.4. The van der Waals surface area contributed by atoms with Gasteiger partial charge in [-0.25, -0.2) is 0 Å². The normalized spacial score (nSPS) is 17.9. The number of carbonyl (C=O) groups is 1. The molecule has 1 aliphatic rings. The summed E-state index contributed by atoms with van der Waals surface area (Å²) in [6.07, 6.45) is 5.40. The van der Waals surface area contributed by atoms with Crippen LogP contribution in [0.5, 0.6) is 0 Å². The summed E-state index contributed by atoms with van der Waals surface area (Å²) < 4.78 is 0. The van der Waals surface area contributed by atoms with Crippen LogP contribution in [0.1, 0.15) is 60.1 Å². The number of thiophene rings is 1. The fraction of sp³-hybridized carbons (Fsp3) is 0.706. The molecule has 0 saturated carbocycles. The van der Waals surface area contributed by atoms with Gasteiger partial charge in [0.25, 0.3) is 5.91 Å². The van der Waals surface area contributed by atoms with Crippen molar-refractivity contribution in [3.05, 3.63) is 21.4 Å². The first-order valence-electron chi connectivity index (χ1n) is 8.10. The predicted octanol–water partition coefficient (Wildman–Crippen LogP) is 3.50. The van der Waals surface area contributed by atoms with E-state index in [1.54, 1.807) is 11.3 Å². The lowest BCUT2D eigenvalue weighted by atomic mass is 9.87. The number of rotatable bonds is 6. The number of amides is 1. The number of carbonyl (C=O) groups excluding carboxylic acids is 1. The lowest BCUT2D eigenvalue weighted by molar-refractivity contribution is 0.0698. The number of aryl methyl sites for hydroxylation is 1. The van der Waals surface area contributed by atoms with Gasteiger partial charge in [0.1, 0.15) is 0 Å². The summed E-state index contributed by atoms with van der Waals surface area (Å²) in [6.45, 7) is 7.10. The van der Waals surface area contributed by atoms with Crippen molar-refractivity contribution < 1.29 is 9.90 Å². The van der Waals surface area contributed by atoms with Gasteiger partial charge in [0.05, 0.1) is 4.88 Å². The van der Waals surface area contributed by atoms with Crippen LogP contribution in [0, 0.1) is 5.92 Å². The second kappa shape index (κ2) is 7.41. The van der Waals surface area contributed by atoms with Crippen LogP contribution in [0.2, 0.25) is 0 Å². The number of hydrogen-bond acceptors (Lipinski definition) is 3. The number of hydrogen-bond donors (Lipinski definition) is 1. The number of aliphatic hydroxyl groups excluding tert-OH is 1. The smallest absolute Gasteiger partial charge is 0.264 e. The van der Waals surface area contributed by atoms with Crippen molar-refractivity contribution in [2.24, 2.45) is 5.92 Å². The maximum atomic E-state index is 12.7. The van der Waals surface area contributed by atoms with Gasteiger partial charge >= 0.3 is 0 Å². The third-order valence-corrected chi connectivity index (χ3v) is 5.64. The van der Waals surface area contributed by atoms with Crippen molar-refractivity contribution in [2.75, 3.05) is 13.2 Å². The van der Waals surface area contributed by atoms with Gasteiger partial charge in [-0.05, 0) is 57.1 Å². The maximum Gasteiger partial charge on any atom is 0.264 e. The van der Waals surface area contributed by atoms with Crippen molar-refractivity contribution in [1.82, 2.24) is 4.90 Å². The Morgan fingerprint density at radius 2 is 2.29 bits per heavy atom. The Balaban J connectivity index is 2.14. The van der Waals surface area contributed by atoms with Gasteiger partial charge in [0.15, 0.2) is 0 Å². The first-order chi connectivity index (χ1) is 10.1. The topological polar surface area (TPSA) is 40.5 Å². The predicted molar refractivity (Wildman–Crippen MR) is 88.0 cm³/mol. The van der Waals surface area contributed by atoms with Gasteiger partial charge in [-0.1, -0.05) is 13.3 Å². The maximum absolute atomic E-state index is 12.7. The van der Waals surface area contributed by atoms with E-state index in [2.05, 4.69) is 13.0 Å². The molecule has 0 saturated heterocycles. The summed E-state index contributed by atoms with van der Waals surface area (Å²) in [5.74, 6) is 0.913. The molecule has 0 aromatic carbocycles. The molecule has 0 spiro atoms. The van der Waals surface area contributed by atoms with Crippen LogP contribution in [-0.2, 0) is 12.8 Å². The molecule has 1 aliphatic carbocycles. The molecule has 0 aliphatic heterocycles. The average Bonchev–Trinajstić information content (AvgIpc) is 2.89. The fourth-order valence-electron chi connectivity index (χ4n) is 3.03. The van der Waals surface area contributed by atoms with Gasteiger partial charge in [-0.2, -0.15) is 0 Å². The molecule has 1 N–H and O–H groups in total. The van der Waals surface area contributed by atoms with E-state index in [9.17, 15) is 4.79 Å². The minimum Gasteiger partial charge on any atom is -0.396 e. The Hall–Kier alpha value is -0.870. The van der Waals surface area contributed by atoms with Crippen LogP contribution in [-0.4, -0.2) is 35.1 Å². The highest BCUT2D eigenvalue weighted by molar-refractivity contribution is 7.14. The summed E-state index contributed by atoms with van der Waals surface area (Å²) >= 11 is 1.68. The van der Waals surface area contributed by atoms with Gasteiger partial charge in [0, 0.05) is 24.1 Å². The standard InChI is InChI=1S/C17H27NO2S/c1-4-13-6-7-15-14(10-13)11-16(21-15)17(20)18(12(2)3)8-5-9-19/h11-13,19H,4-10H2,1-3H3. The van der Waals surface area contributed by atoms with E-state index in [4.69, 9.17) is 5.11 Å². The third kappa shape index (κ3) is 3.86. The molecule has 1 atom stereocenters. The summed E-state index contributed by atoms with van der Waals surface area (Å²) in [7, 11) is 0. The molecule has 0 fully saturated rings. The first-order valence-corrected chi connectivity index (χ1v) is 8.91. The molecule has 0 radical (unpaired) electrons. The van der Waals surface area contributed by atoms with Crippen molar-refractivity contribution in [3.8, 4) is 0 Å². The van der Waals surface area contributed by atoms with Gasteiger partial charge in [0.2, 0.25) is 0 Å². The molecule has 118 valence electrons. The van der Waals surface area contributed by atoms with Crippen LogP contribution in [0.25, 0.3) is 0 Å². The lowest BCUT2D eigenvalue weighted by Crippen LogP contribution is -2.37. The third-order valence-electron chi connectivity index (χ3n) is 4.41. The zero-order valence-corrected chi connectivity index (χ0v) is 14.2. The second-order valence-electron chi connectivity index (χ2n) is 6.25. The van der Waals surface area contributed by atoms with E-state index in [1.807, 2.05) is 18.7 Å². The van der Waals surface area contributed by atoms with Crippen molar-refractivity contribution in [1.29, 1.82) is 0 Å². The highest BCUT2D eigenvalue weighted by Crippen LogP contribution is 2.34. The molecule has 3 nitrogen and oxygen atoms in total. The van der Waals surface area contributed by atoms with E-state index >= 15 is 0 Å². The van der Waals surface area contributed by atoms with Crippen LogP contribution >= 0.6 is 11.3 Å². The highest BCUT2D eigenvalue weighted by atomic mass is 32.1. The van der Waals surface area contributed by atoms with Gasteiger partial charge in [-0.3, -0.25) is 4.79 Å². The number of aliphatic hydroxyl groups is 1. The summed E-state index contributed by atoms with van der Waals surface area (Å²) in [5, 5.41) is 9.00. The van der Waals surface area contributed by atoms with Crippen LogP contribution < -0.4 is 0 Å². The Bertz CT molecular complexity index is 481. The Morgan fingerprint density at radius 3 is 2.90 bits per heavy atom. The largest absolute Gasteiger partial charge is 0.396 e. The molecule has 1 unspecified atom stereocenters. The molecular formula is C17H27NO2S. The van der Waals surface area contributed by atoms with Crippen molar-refractivity contribution in [2.45, 2.75) is 58.9 Å². The van der Waals surface area contributed by atoms with Crippen molar-refractivity contribution in [3.63, 3.8) is 0 Å². The summed E-state index contributed by atoms with van der Waals surface area (Å²) in [5.41, 5.74) is 1.40. The fourth-order valence-corrected chi connectivity index (χ4v) is 4.19. The second-order valence-corrected chi connectivity index (χ2v) is 7.38. The van der Waals surface area contributed by atoms with Gasteiger partial charge < -0.3 is 10.0 Å². The number of fused-ring (bicyclic) bond motifs is 1. The molecule has 21 heavy (non-hydrogen) atoms. The SMILES string of the molecule is CCC1CCc2sc(C(=O)N(CCCO)C(C)C)cc2C1. The van der Waals surface area contributed by atoms with Crippen LogP contribution in [0.4, 0.5) is 0 Å². The van der Waals surface area contributed by atoms with E-state index in [-0.39, 0.29) is 18.6 Å².